The Morgan fingerprint density at radius 2 is 1.91 bits per heavy atom. The molecule has 0 spiro atoms. The van der Waals surface area contributed by atoms with Gasteiger partial charge in [-0.15, -0.1) is 0 Å². The number of nitrogens with one attached hydrogen (secondary N) is 1. The number of nitrogens with zero attached hydrogens (tertiary/aromatic N) is 3. The molecule has 1 aromatic heterocycles. The van der Waals surface area contributed by atoms with Gasteiger partial charge in [0.25, 0.3) is 0 Å². The first-order valence-corrected chi connectivity index (χ1v) is 9.40. The van der Waals surface area contributed by atoms with E-state index in [4.69, 9.17) is 15.7 Å². The zero-order valence-electron chi connectivity index (χ0n) is 14.1. The van der Waals surface area contributed by atoms with E-state index in [1.54, 1.807) is 0 Å². The van der Waals surface area contributed by atoms with E-state index >= 15 is 0 Å². The van der Waals surface area contributed by atoms with Crippen LogP contribution in [0.2, 0.25) is 0 Å². The summed E-state index contributed by atoms with van der Waals surface area (Å²) in [6.45, 7) is 5.04. The molecule has 1 aliphatic carbocycles. The number of hydrogen-bond acceptors (Lipinski definition) is 5. The van der Waals surface area contributed by atoms with E-state index in [1.165, 1.54) is 49.2 Å². The molecule has 1 saturated heterocycles. The highest BCUT2D eigenvalue weighted by atomic mass is 15.2. The molecule has 0 amide bonds. The zero-order chi connectivity index (χ0) is 15.6. The van der Waals surface area contributed by atoms with Crippen molar-refractivity contribution in [2.24, 2.45) is 11.7 Å². The van der Waals surface area contributed by atoms with Gasteiger partial charge in [-0.05, 0) is 44.7 Å². The molecule has 3 N–H and O–H groups in total. The fourth-order valence-electron chi connectivity index (χ4n) is 4.39. The smallest absolute Gasteiger partial charge is 0.135 e. The minimum atomic E-state index is 0.586. The van der Waals surface area contributed by atoms with Crippen LogP contribution in [0.5, 0.6) is 0 Å². The lowest BCUT2D eigenvalue weighted by Crippen LogP contribution is -2.26. The normalized spacial score (nSPS) is 25.6. The maximum atomic E-state index is 5.90. The Balaban J connectivity index is 1.71. The lowest BCUT2D eigenvalue weighted by Gasteiger charge is -2.24. The van der Waals surface area contributed by atoms with Crippen molar-refractivity contribution in [1.82, 2.24) is 15.3 Å². The van der Waals surface area contributed by atoms with E-state index in [1.807, 2.05) is 0 Å². The van der Waals surface area contributed by atoms with E-state index in [-0.39, 0.29) is 0 Å². The molecule has 126 valence electrons. The Bertz CT molecular complexity index is 553. The number of aromatic nitrogens is 2. The monoisotopic (exact) mass is 315 g/mol. The van der Waals surface area contributed by atoms with Crippen LogP contribution in [-0.2, 0) is 12.8 Å². The summed E-state index contributed by atoms with van der Waals surface area (Å²) in [6, 6.07) is 0. The van der Waals surface area contributed by atoms with Crippen LogP contribution in [0, 0.1) is 5.92 Å². The molecule has 5 heteroatoms. The second-order valence-corrected chi connectivity index (χ2v) is 7.40. The van der Waals surface area contributed by atoms with Crippen molar-refractivity contribution < 1.29 is 0 Å². The lowest BCUT2D eigenvalue weighted by molar-refractivity contribution is 0.601. The molecular formula is C18H29N5. The molecule has 2 fully saturated rings. The first-order chi connectivity index (χ1) is 11.3. The van der Waals surface area contributed by atoms with Crippen molar-refractivity contribution in [3.8, 4) is 0 Å². The largest absolute Gasteiger partial charge is 0.356 e. The highest BCUT2D eigenvalue weighted by molar-refractivity contribution is 5.51. The quantitative estimate of drug-likeness (QED) is 0.887. The van der Waals surface area contributed by atoms with Gasteiger partial charge in [0.1, 0.15) is 11.6 Å². The third kappa shape index (κ3) is 3.09. The second-order valence-electron chi connectivity index (χ2n) is 7.40. The molecule has 3 heterocycles. The van der Waals surface area contributed by atoms with Crippen LogP contribution in [0.25, 0.3) is 0 Å². The number of fused-ring (bicyclic) bond motifs is 1. The van der Waals surface area contributed by atoms with Crippen molar-refractivity contribution in [3.63, 3.8) is 0 Å². The maximum absolute atomic E-state index is 5.90. The Labute approximate surface area is 139 Å². The molecule has 0 radical (unpaired) electrons. The summed E-state index contributed by atoms with van der Waals surface area (Å²) in [5.74, 6) is 3.56. The fourth-order valence-corrected chi connectivity index (χ4v) is 4.39. The Morgan fingerprint density at radius 3 is 2.70 bits per heavy atom. The molecule has 1 aromatic rings. The van der Waals surface area contributed by atoms with Gasteiger partial charge in [0, 0.05) is 37.5 Å². The molecule has 2 aliphatic heterocycles. The number of rotatable bonds is 3. The second kappa shape index (κ2) is 6.73. The summed E-state index contributed by atoms with van der Waals surface area (Å²) in [5, 5.41) is 3.51. The highest BCUT2D eigenvalue weighted by Crippen LogP contribution is 2.35. The number of anilines is 1. The Hall–Kier alpha value is -1.20. The minimum Gasteiger partial charge on any atom is -0.356 e. The van der Waals surface area contributed by atoms with E-state index in [0.29, 0.717) is 11.8 Å². The van der Waals surface area contributed by atoms with Crippen molar-refractivity contribution in [1.29, 1.82) is 0 Å². The van der Waals surface area contributed by atoms with Gasteiger partial charge >= 0.3 is 0 Å². The van der Waals surface area contributed by atoms with E-state index in [9.17, 15) is 0 Å². The average molecular weight is 315 g/mol. The molecule has 1 atom stereocenters. The van der Waals surface area contributed by atoms with Crippen molar-refractivity contribution in [2.75, 3.05) is 37.6 Å². The van der Waals surface area contributed by atoms with Gasteiger partial charge in [-0.3, -0.25) is 0 Å². The molecular weight excluding hydrogens is 286 g/mol. The van der Waals surface area contributed by atoms with Gasteiger partial charge in [-0.25, -0.2) is 9.97 Å². The van der Waals surface area contributed by atoms with Gasteiger partial charge in [0.2, 0.25) is 0 Å². The van der Waals surface area contributed by atoms with Crippen LogP contribution in [0.4, 0.5) is 5.82 Å². The predicted octanol–water partition coefficient (Wildman–Crippen LogP) is 1.61. The van der Waals surface area contributed by atoms with Crippen LogP contribution in [0.3, 0.4) is 0 Å². The lowest BCUT2D eigenvalue weighted by atomic mass is 10.0. The summed E-state index contributed by atoms with van der Waals surface area (Å²) in [4.78, 5) is 12.6. The summed E-state index contributed by atoms with van der Waals surface area (Å²) < 4.78 is 0. The van der Waals surface area contributed by atoms with Crippen LogP contribution >= 0.6 is 0 Å². The zero-order valence-corrected chi connectivity index (χ0v) is 14.1. The maximum Gasteiger partial charge on any atom is 0.135 e. The van der Waals surface area contributed by atoms with Crippen LogP contribution < -0.4 is 16.0 Å². The molecule has 1 unspecified atom stereocenters. The van der Waals surface area contributed by atoms with Crippen molar-refractivity contribution >= 4 is 5.82 Å². The van der Waals surface area contributed by atoms with Crippen molar-refractivity contribution in [3.05, 3.63) is 17.1 Å². The predicted molar refractivity (Wildman–Crippen MR) is 92.9 cm³/mol. The fraction of sp³-hybridized carbons (Fsp3) is 0.778. The van der Waals surface area contributed by atoms with Gasteiger partial charge in [0.05, 0.1) is 5.69 Å². The molecule has 5 nitrogen and oxygen atoms in total. The van der Waals surface area contributed by atoms with Gasteiger partial charge in [-0.2, -0.15) is 0 Å². The molecule has 23 heavy (non-hydrogen) atoms. The topological polar surface area (TPSA) is 67.1 Å². The van der Waals surface area contributed by atoms with E-state index in [2.05, 4.69) is 10.2 Å². The Kier molecular flexibility index (Phi) is 4.49. The Morgan fingerprint density at radius 1 is 1.09 bits per heavy atom. The van der Waals surface area contributed by atoms with Crippen molar-refractivity contribution in [2.45, 2.75) is 50.9 Å². The van der Waals surface area contributed by atoms with E-state index < -0.39 is 0 Å². The van der Waals surface area contributed by atoms with Crippen LogP contribution in [-0.4, -0.2) is 42.7 Å². The van der Waals surface area contributed by atoms with Gasteiger partial charge < -0.3 is 16.0 Å². The molecule has 0 bridgehead atoms. The molecule has 3 aliphatic rings. The van der Waals surface area contributed by atoms with E-state index in [0.717, 1.165) is 51.4 Å². The van der Waals surface area contributed by atoms with Gasteiger partial charge in [0.15, 0.2) is 0 Å². The molecule has 0 aromatic carbocycles. The van der Waals surface area contributed by atoms with Crippen LogP contribution in [0.1, 0.15) is 55.1 Å². The SMILES string of the molecule is NCC1CCN(c2nc(C3CCCC3)nc3c2CCNCC3)C1. The third-order valence-electron chi connectivity index (χ3n) is 5.82. The summed E-state index contributed by atoms with van der Waals surface area (Å²) in [5.41, 5.74) is 8.60. The molecule has 4 rings (SSSR count). The van der Waals surface area contributed by atoms with Crippen LogP contribution in [0.15, 0.2) is 0 Å². The minimum absolute atomic E-state index is 0.586. The summed E-state index contributed by atoms with van der Waals surface area (Å²) >= 11 is 0. The number of hydrogen-bond donors (Lipinski definition) is 2. The first kappa shape index (κ1) is 15.3. The third-order valence-corrected chi connectivity index (χ3v) is 5.82. The number of nitrogens with two attached hydrogens (primary N) is 1. The first-order valence-electron chi connectivity index (χ1n) is 9.40. The molecule has 1 saturated carbocycles. The summed E-state index contributed by atoms with van der Waals surface area (Å²) in [7, 11) is 0. The average Bonchev–Trinajstić information content (AvgIpc) is 3.22. The highest BCUT2D eigenvalue weighted by Gasteiger charge is 2.29. The summed E-state index contributed by atoms with van der Waals surface area (Å²) in [6.07, 6.45) is 8.50. The standard InChI is InChI=1S/C18H29N5/c19-11-13-7-10-23(12-13)18-15-5-8-20-9-6-16(15)21-17(22-18)14-3-1-2-4-14/h13-14,20H,1-12,19H2. The van der Waals surface area contributed by atoms with Gasteiger partial charge in [-0.1, -0.05) is 12.8 Å².